The molecule has 6 nitrogen and oxygen atoms in total. The van der Waals surface area contributed by atoms with Crippen molar-refractivity contribution < 1.29 is 14.6 Å². The van der Waals surface area contributed by atoms with Crippen molar-refractivity contribution >= 4 is 32.5 Å². The second-order valence-corrected chi connectivity index (χ2v) is 7.28. The third-order valence-electron chi connectivity index (χ3n) is 4.36. The van der Waals surface area contributed by atoms with Crippen molar-refractivity contribution in [1.29, 1.82) is 0 Å². The summed E-state index contributed by atoms with van der Waals surface area (Å²) in [5.41, 5.74) is 2.28. The molecule has 3 N–H and O–H groups in total. The van der Waals surface area contributed by atoms with Gasteiger partial charge < -0.3 is 19.9 Å². The maximum atomic E-state index is 12.5. The average molecular weight is 382 g/mol. The lowest BCUT2D eigenvalue weighted by atomic mass is 10.1. The molecule has 0 unspecified atom stereocenters. The highest BCUT2D eigenvalue weighted by Gasteiger charge is 2.13. The number of hydrogen-bond donors (Lipinski definition) is 3. The number of fused-ring (bicyclic) bond motifs is 2. The van der Waals surface area contributed by atoms with Gasteiger partial charge in [0.1, 0.15) is 10.6 Å². The second-order valence-electron chi connectivity index (χ2n) is 6.25. The van der Waals surface area contributed by atoms with Gasteiger partial charge in [-0.15, -0.1) is 11.3 Å². The SMILES string of the molecule is O=c1oc2cc(CNC(CO)CO)ccc2cc1-c1nc2ccccc2s1. The van der Waals surface area contributed by atoms with Crippen molar-refractivity contribution in [2.45, 2.75) is 12.6 Å². The van der Waals surface area contributed by atoms with Gasteiger partial charge in [-0.2, -0.15) is 0 Å². The molecule has 7 heteroatoms. The van der Waals surface area contributed by atoms with E-state index in [2.05, 4.69) is 10.3 Å². The predicted octanol–water partition coefficient (Wildman–Crippen LogP) is 2.51. The minimum Gasteiger partial charge on any atom is -0.422 e. The molecule has 0 radical (unpaired) electrons. The lowest BCUT2D eigenvalue weighted by Crippen LogP contribution is -2.35. The number of rotatable bonds is 6. The molecular formula is C20H18N2O4S. The van der Waals surface area contributed by atoms with E-state index in [-0.39, 0.29) is 19.3 Å². The minimum absolute atomic E-state index is 0.148. The number of para-hydroxylation sites is 1. The van der Waals surface area contributed by atoms with Gasteiger partial charge in [-0.3, -0.25) is 0 Å². The Morgan fingerprint density at radius 2 is 1.93 bits per heavy atom. The Labute approximate surface area is 158 Å². The highest BCUT2D eigenvalue weighted by atomic mass is 32.1. The van der Waals surface area contributed by atoms with Crippen molar-refractivity contribution in [2.24, 2.45) is 0 Å². The first-order chi connectivity index (χ1) is 13.2. The van der Waals surface area contributed by atoms with Crippen molar-refractivity contribution in [3.63, 3.8) is 0 Å². The molecule has 0 fully saturated rings. The largest absolute Gasteiger partial charge is 0.422 e. The molecule has 27 heavy (non-hydrogen) atoms. The first-order valence-corrected chi connectivity index (χ1v) is 9.37. The number of aliphatic hydroxyl groups is 2. The fourth-order valence-corrected chi connectivity index (χ4v) is 3.82. The minimum atomic E-state index is -0.421. The first-order valence-electron chi connectivity index (χ1n) is 8.56. The summed E-state index contributed by atoms with van der Waals surface area (Å²) in [6.45, 7) is 0.153. The summed E-state index contributed by atoms with van der Waals surface area (Å²) in [5.74, 6) is 0. The summed E-state index contributed by atoms with van der Waals surface area (Å²) in [6, 6.07) is 14.8. The van der Waals surface area contributed by atoms with Crippen LogP contribution < -0.4 is 10.9 Å². The fraction of sp³-hybridized carbons (Fsp3) is 0.200. The molecule has 2 aromatic carbocycles. The topological polar surface area (TPSA) is 95.6 Å². The van der Waals surface area contributed by atoms with E-state index in [4.69, 9.17) is 14.6 Å². The van der Waals surface area contributed by atoms with Crippen LogP contribution in [0.4, 0.5) is 0 Å². The Hall–Kier alpha value is -2.58. The molecule has 2 aromatic heterocycles. The number of aromatic nitrogens is 1. The van der Waals surface area contributed by atoms with Crippen LogP contribution >= 0.6 is 11.3 Å². The molecule has 0 spiro atoms. The Kier molecular flexibility index (Phi) is 5.00. The highest BCUT2D eigenvalue weighted by molar-refractivity contribution is 7.21. The normalized spacial score (nSPS) is 11.7. The van der Waals surface area contributed by atoms with E-state index in [9.17, 15) is 4.79 Å². The van der Waals surface area contributed by atoms with E-state index < -0.39 is 5.63 Å². The van der Waals surface area contributed by atoms with Crippen LogP contribution in [0.1, 0.15) is 5.56 Å². The molecule has 0 aliphatic rings. The maximum Gasteiger partial charge on any atom is 0.346 e. The molecular weight excluding hydrogens is 364 g/mol. The van der Waals surface area contributed by atoms with Gasteiger partial charge >= 0.3 is 5.63 Å². The van der Waals surface area contributed by atoms with Crippen LogP contribution in [0.25, 0.3) is 31.8 Å². The van der Waals surface area contributed by atoms with Crippen molar-refractivity contribution in [3.8, 4) is 10.6 Å². The Balaban J connectivity index is 1.67. The molecule has 0 atom stereocenters. The average Bonchev–Trinajstić information content (AvgIpc) is 3.12. The van der Waals surface area contributed by atoms with Crippen LogP contribution in [0.15, 0.2) is 57.7 Å². The lowest BCUT2D eigenvalue weighted by molar-refractivity contribution is 0.170. The lowest BCUT2D eigenvalue weighted by Gasteiger charge is -2.13. The van der Waals surface area contributed by atoms with E-state index in [0.717, 1.165) is 21.2 Å². The Morgan fingerprint density at radius 1 is 1.11 bits per heavy atom. The van der Waals surface area contributed by atoms with E-state index in [1.165, 1.54) is 11.3 Å². The molecule has 0 saturated carbocycles. The number of benzene rings is 2. The van der Waals surface area contributed by atoms with Crippen LogP contribution in [0.3, 0.4) is 0 Å². The zero-order valence-electron chi connectivity index (χ0n) is 14.4. The van der Waals surface area contributed by atoms with Gasteiger partial charge in [-0.25, -0.2) is 9.78 Å². The number of hydrogen-bond acceptors (Lipinski definition) is 7. The monoisotopic (exact) mass is 382 g/mol. The van der Waals surface area contributed by atoms with Gasteiger partial charge in [0.05, 0.1) is 35.0 Å². The fourth-order valence-electron chi connectivity index (χ4n) is 2.85. The molecule has 0 saturated heterocycles. The van der Waals surface area contributed by atoms with Crippen LogP contribution in [-0.4, -0.2) is 34.5 Å². The van der Waals surface area contributed by atoms with Gasteiger partial charge in [-0.1, -0.05) is 24.3 Å². The smallest absolute Gasteiger partial charge is 0.346 e. The van der Waals surface area contributed by atoms with E-state index in [1.807, 2.05) is 36.4 Å². The van der Waals surface area contributed by atoms with Gasteiger partial charge in [0.2, 0.25) is 0 Å². The molecule has 0 aliphatic carbocycles. The molecule has 0 aliphatic heterocycles. The molecule has 138 valence electrons. The number of nitrogens with zero attached hydrogens (tertiary/aromatic N) is 1. The third-order valence-corrected chi connectivity index (χ3v) is 5.43. The summed E-state index contributed by atoms with van der Waals surface area (Å²) < 4.78 is 6.55. The number of nitrogens with one attached hydrogen (secondary N) is 1. The number of aliphatic hydroxyl groups excluding tert-OH is 2. The zero-order valence-corrected chi connectivity index (χ0v) is 15.2. The van der Waals surface area contributed by atoms with Crippen molar-refractivity contribution in [3.05, 3.63) is 64.5 Å². The maximum absolute atomic E-state index is 12.5. The molecule has 4 rings (SSSR count). The van der Waals surface area contributed by atoms with Crippen LogP contribution in [0, 0.1) is 0 Å². The van der Waals surface area contributed by atoms with Gasteiger partial charge in [0, 0.05) is 11.9 Å². The first kappa shape index (κ1) is 17.8. The molecule has 4 aromatic rings. The van der Waals surface area contributed by atoms with E-state index >= 15 is 0 Å². The summed E-state index contributed by atoms with van der Waals surface area (Å²) in [4.78, 5) is 17.0. The zero-order chi connectivity index (χ0) is 18.8. The molecule has 2 heterocycles. The van der Waals surface area contributed by atoms with Crippen molar-refractivity contribution in [1.82, 2.24) is 10.3 Å². The molecule has 0 amide bonds. The second kappa shape index (κ2) is 7.58. The Morgan fingerprint density at radius 3 is 2.70 bits per heavy atom. The summed E-state index contributed by atoms with van der Waals surface area (Å²) in [6.07, 6.45) is 0. The quantitative estimate of drug-likeness (QED) is 0.444. The summed E-state index contributed by atoms with van der Waals surface area (Å²) in [5, 5.41) is 22.7. The standard InChI is InChI=1S/C20H18N2O4S/c23-10-14(11-24)21-9-12-5-6-13-8-15(20(25)26-17(13)7-12)19-22-16-3-1-2-4-18(16)27-19/h1-8,14,21,23-24H,9-11H2. The summed E-state index contributed by atoms with van der Waals surface area (Å²) >= 11 is 1.46. The predicted molar refractivity (Wildman–Crippen MR) is 106 cm³/mol. The van der Waals surface area contributed by atoms with Crippen molar-refractivity contribution in [2.75, 3.05) is 13.2 Å². The van der Waals surface area contributed by atoms with Crippen LogP contribution in [-0.2, 0) is 6.54 Å². The van der Waals surface area contributed by atoms with Gasteiger partial charge in [0.15, 0.2) is 0 Å². The van der Waals surface area contributed by atoms with Crippen LogP contribution in [0.5, 0.6) is 0 Å². The van der Waals surface area contributed by atoms with E-state index in [1.54, 1.807) is 12.1 Å². The van der Waals surface area contributed by atoms with Gasteiger partial charge in [0.25, 0.3) is 0 Å². The highest BCUT2D eigenvalue weighted by Crippen LogP contribution is 2.29. The summed E-state index contributed by atoms with van der Waals surface area (Å²) in [7, 11) is 0. The van der Waals surface area contributed by atoms with Crippen LogP contribution in [0.2, 0.25) is 0 Å². The van der Waals surface area contributed by atoms with E-state index in [0.29, 0.717) is 22.7 Å². The molecule has 0 bridgehead atoms. The third kappa shape index (κ3) is 3.63. The van der Waals surface area contributed by atoms with Gasteiger partial charge in [-0.05, 0) is 29.8 Å². The Bertz CT molecular complexity index is 1110. The number of thiazole rings is 1.